The quantitative estimate of drug-likeness (QED) is 0.607. The number of para-hydroxylation sites is 1. The van der Waals surface area contributed by atoms with Gasteiger partial charge in [0.2, 0.25) is 0 Å². The third-order valence-electron chi connectivity index (χ3n) is 2.91. The Hall–Kier alpha value is -2.15. The fourth-order valence-electron chi connectivity index (χ4n) is 1.90. The monoisotopic (exact) mass is 282 g/mol. The summed E-state index contributed by atoms with van der Waals surface area (Å²) in [5.41, 5.74) is 4.54. The van der Waals surface area contributed by atoms with E-state index >= 15 is 0 Å². The first kappa shape index (κ1) is 15.9. The summed E-state index contributed by atoms with van der Waals surface area (Å²) >= 11 is 0. The Labute approximate surface area is 116 Å². The SMILES string of the molecule is Cc1cccc(OC(C)CC(C)(N)C(=O)O)c1[N+](=O)[O-]. The van der Waals surface area contributed by atoms with Crippen LogP contribution in [0.1, 0.15) is 25.8 Å². The minimum absolute atomic E-state index is 0.0351. The Bertz CT molecular complexity index is 527. The molecule has 2 atom stereocenters. The number of aryl methyl sites for hydroxylation is 1. The lowest BCUT2D eigenvalue weighted by Crippen LogP contribution is -2.47. The van der Waals surface area contributed by atoms with Crippen LogP contribution in [0.25, 0.3) is 0 Å². The Balaban J connectivity index is 2.92. The summed E-state index contributed by atoms with van der Waals surface area (Å²) in [4.78, 5) is 21.5. The molecule has 1 rings (SSSR count). The van der Waals surface area contributed by atoms with Crippen molar-refractivity contribution in [3.05, 3.63) is 33.9 Å². The van der Waals surface area contributed by atoms with Crippen LogP contribution in [0.3, 0.4) is 0 Å². The molecule has 20 heavy (non-hydrogen) atoms. The molecule has 0 saturated carbocycles. The maximum absolute atomic E-state index is 11.0. The zero-order valence-corrected chi connectivity index (χ0v) is 11.6. The molecular formula is C13H18N2O5. The standard InChI is InChI=1S/C13H18N2O5/c1-8-5-4-6-10(11(8)15(18)19)20-9(2)7-13(3,14)12(16)17/h4-6,9H,7,14H2,1-3H3,(H,16,17). The summed E-state index contributed by atoms with van der Waals surface area (Å²) in [6, 6.07) is 4.74. The van der Waals surface area contributed by atoms with Crippen LogP contribution in [0.2, 0.25) is 0 Å². The van der Waals surface area contributed by atoms with Crippen LogP contribution >= 0.6 is 0 Å². The molecule has 7 nitrogen and oxygen atoms in total. The molecule has 0 aliphatic carbocycles. The minimum Gasteiger partial charge on any atom is -0.484 e. The number of nitrogens with two attached hydrogens (primary N) is 1. The number of carbonyl (C=O) groups is 1. The van der Waals surface area contributed by atoms with Gasteiger partial charge < -0.3 is 15.6 Å². The third kappa shape index (κ3) is 3.67. The molecule has 1 aromatic rings. The molecule has 0 aromatic heterocycles. The Morgan fingerprint density at radius 3 is 2.70 bits per heavy atom. The van der Waals surface area contributed by atoms with Crippen LogP contribution < -0.4 is 10.5 Å². The van der Waals surface area contributed by atoms with Crippen LogP contribution in [0, 0.1) is 17.0 Å². The Kier molecular flexibility index (Phi) is 4.67. The van der Waals surface area contributed by atoms with Crippen molar-refractivity contribution < 1.29 is 19.6 Å². The lowest BCUT2D eigenvalue weighted by Gasteiger charge is -2.24. The van der Waals surface area contributed by atoms with Gasteiger partial charge in [0.15, 0.2) is 5.75 Å². The van der Waals surface area contributed by atoms with Crippen molar-refractivity contribution in [1.82, 2.24) is 0 Å². The molecule has 0 aliphatic rings. The maximum Gasteiger partial charge on any atom is 0.323 e. The van der Waals surface area contributed by atoms with Gasteiger partial charge in [-0.25, -0.2) is 0 Å². The highest BCUT2D eigenvalue weighted by atomic mass is 16.6. The third-order valence-corrected chi connectivity index (χ3v) is 2.91. The van der Waals surface area contributed by atoms with E-state index in [0.29, 0.717) is 5.56 Å². The fraction of sp³-hybridized carbons (Fsp3) is 0.462. The molecular weight excluding hydrogens is 264 g/mol. The summed E-state index contributed by atoms with van der Waals surface area (Å²) in [6.07, 6.45) is -0.533. The first-order chi connectivity index (χ1) is 9.15. The van der Waals surface area contributed by atoms with E-state index in [-0.39, 0.29) is 17.9 Å². The summed E-state index contributed by atoms with van der Waals surface area (Å²) in [7, 11) is 0. The average Bonchev–Trinajstić information content (AvgIpc) is 2.26. The van der Waals surface area contributed by atoms with Gasteiger partial charge >= 0.3 is 11.7 Å². The van der Waals surface area contributed by atoms with Gasteiger partial charge in [0.05, 0.1) is 11.0 Å². The highest BCUT2D eigenvalue weighted by Crippen LogP contribution is 2.31. The number of rotatable bonds is 6. The number of nitrogens with zero attached hydrogens (tertiary/aromatic N) is 1. The van der Waals surface area contributed by atoms with Crippen molar-refractivity contribution in [3.8, 4) is 5.75 Å². The summed E-state index contributed by atoms with van der Waals surface area (Å²) in [5, 5.41) is 20.0. The summed E-state index contributed by atoms with van der Waals surface area (Å²) in [5.74, 6) is -1.03. The van der Waals surface area contributed by atoms with Gasteiger partial charge in [0.25, 0.3) is 0 Å². The first-order valence-corrected chi connectivity index (χ1v) is 6.08. The van der Waals surface area contributed by atoms with Crippen molar-refractivity contribution in [2.45, 2.75) is 38.8 Å². The zero-order valence-electron chi connectivity index (χ0n) is 11.6. The Morgan fingerprint density at radius 2 is 2.20 bits per heavy atom. The first-order valence-electron chi connectivity index (χ1n) is 6.08. The van der Waals surface area contributed by atoms with Crippen LogP contribution in [0.15, 0.2) is 18.2 Å². The smallest absolute Gasteiger partial charge is 0.323 e. The molecule has 0 saturated heterocycles. The lowest BCUT2D eigenvalue weighted by atomic mass is 9.96. The number of benzene rings is 1. The second kappa shape index (κ2) is 5.87. The van der Waals surface area contributed by atoms with Crippen molar-refractivity contribution in [2.75, 3.05) is 0 Å². The van der Waals surface area contributed by atoms with Gasteiger partial charge in [0, 0.05) is 12.0 Å². The highest BCUT2D eigenvalue weighted by molar-refractivity contribution is 5.77. The van der Waals surface area contributed by atoms with E-state index < -0.39 is 22.5 Å². The molecule has 110 valence electrons. The molecule has 3 N–H and O–H groups in total. The van der Waals surface area contributed by atoms with Gasteiger partial charge in [-0.3, -0.25) is 14.9 Å². The molecule has 0 amide bonds. The van der Waals surface area contributed by atoms with Gasteiger partial charge in [-0.1, -0.05) is 12.1 Å². The molecule has 0 aliphatic heterocycles. The number of carboxylic acid groups (broad SMARTS) is 1. The number of aliphatic carboxylic acids is 1. The van der Waals surface area contributed by atoms with E-state index in [4.69, 9.17) is 15.6 Å². The lowest BCUT2D eigenvalue weighted by molar-refractivity contribution is -0.386. The number of carboxylic acids is 1. The van der Waals surface area contributed by atoms with Crippen LogP contribution in [0.5, 0.6) is 5.75 Å². The molecule has 0 heterocycles. The van der Waals surface area contributed by atoms with Gasteiger partial charge in [-0.15, -0.1) is 0 Å². The van der Waals surface area contributed by atoms with Gasteiger partial charge in [-0.2, -0.15) is 0 Å². The molecule has 7 heteroatoms. The molecule has 0 fully saturated rings. The fourth-order valence-corrected chi connectivity index (χ4v) is 1.90. The van der Waals surface area contributed by atoms with E-state index in [1.165, 1.54) is 13.0 Å². The van der Waals surface area contributed by atoms with Gasteiger partial charge in [-0.05, 0) is 26.8 Å². The second-order valence-corrected chi connectivity index (χ2v) is 5.03. The van der Waals surface area contributed by atoms with Crippen LogP contribution in [-0.2, 0) is 4.79 Å². The molecule has 2 unspecified atom stereocenters. The molecule has 0 radical (unpaired) electrons. The summed E-state index contributed by atoms with van der Waals surface area (Å²) < 4.78 is 5.49. The minimum atomic E-state index is -1.45. The number of nitro benzene ring substituents is 1. The number of hydrogen-bond acceptors (Lipinski definition) is 5. The second-order valence-electron chi connectivity index (χ2n) is 5.03. The van der Waals surface area contributed by atoms with E-state index in [1.54, 1.807) is 26.0 Å². The van der Waals surface area contributed by atoms with E-state index in [1.807, 2.05) is 0 Å². The topological polar surface area (TPSA) is 116 Å². The molecule has 0 spiro atoms. The van der Waals surface area contributed by atoms with E-state index in [9.17, 15) is 14.9 Å². The van der Waals surface area contributed by atoms with Crippen molar-refractivity contribution in [3.63, 3.8) is 0 Å². The van der Waals surface area contributed by atoms with E-state index in [2.05, 4.69) is 0 Å². The number of ether oxygens (including phenoxy) is 1. The maximum atomic E-state index is 11.0. The predicted octanol–water partition coefficient (Wildman–Crippen LogP) is 1.86. The van der Waals surface area contributed by atoms with Crippen molar-refractivity contribution >= 4 is 11.7 Å². The van der Waals surface area contributed by atoms with Crippen molar-refractivity contribution in [2.24, 2.45) is 5.73 Å². The normalized spacial score (nSPS) is 15.2. The Morgan fingerprint density at radius 1 is 1.60 bits per heavy atom. The largest absolute Gasteiger partial charge is 0.484 e. The molecule has 0 bridgehead atoms. The summed E-state index contributed by atoms with van der Waals surface area (Å²) in [6.45, 7) is 4.61. The van der Waals surface area contributed by atoms with Crippen molar-refractivity contribution in [1.29, 1.82) is 0 Å². The van der Waals surface area contributed by atoms with E-state index in [0.717, 1.165) is 0 Å². The average molecular weight is 282 g/mol. The highest BCUT2D eigenvalue weighted by Gasteiger charge is 2.31. The number of hydrogen-bond donors (Lipinski definition) is 2. The van der Waals surface area contributed by atoms with Crippen LogP contribution in [0.4, 0.5) is 5.69 Å². The predicted molar refractivity (Wildman–Crippen MR) is 72.8 cm³/mol. The molecule has 1 aromatic carbocycles. The van der Waals surface area contributed by atoms with Crippen LogP contribution in [-0.4, -0.2) is 27.6 Å². The van der Waals surface area contributed by atoms with Gasteiger partial charge in [0.1, 0.15) is 5.54 Å². The number of nitro groups is 1. The zero-order chi connectivity index (χ0) is 15.5.